The summed E-state index contributed by atoms with van der Waals surface area (Å²) >= 11 is 0. The summed E-state index contributed by atoms with van der Waals surface area (Å²) in [7, 11) is 1.70. The molecule has 0 aliphatic heterocycles. The summed E-state index contributed by atoms with van der Waals surface area (Å²) in [4.78, 5) is 0. The number of ether oxygens (including phenoxy) is 1. The molecule has 5 heteroatoms. The van der Waals surface area contributed by atoms with E-state index in [1.165, 1.54) is 0 Å². The fourth-order valence-electron chi connectivity index (χ4n) is 2.31. The van der Waals surface area contributed by atoms with E-state index in [0.717, 1.165) is 29.6 Å². The molecule has 2 heterocycles. The minimum absolute atomic E-state index is 0.564. The van der Waals surface area contributed by atoms with E-state index in [-0.39, 0.29) is 0 Å². The third kappa shape index (κ3) is 2.20. The Hall–Kier alpha value is -2.14. The molecule has 3 rings (SSSR count). The summed E-state index contributed by atoms with van der Waals surface area (Å²) in [5.74, 6) is 1.22. The second kappa shape index (κ2) is 5.46. The number of nitrogens with zero attached hydrogens (tertiary/aromatic N) is 3. The lowest BCUT2D eigenvalue weighted by Gasteiger charge is -2.07. The summed E-state index contributed by atoms with van der Waals surface area (Å²) in [6.45, 7) is 3.39. The van der Waals surface area contributed by atoms with Gasteiger partial charge in [-0.2, -0.15) is 0 Å². The van der Waals surface area contributed by atoms with Gasteiger partial charge in [0, 0.05) is 31.0 Å². The molecule has 0 saturated heterocycles. The van der Waals surface area contributed by atoms with Crippen LogP contribution in [0.4, 0.5) is 0 Å². The topological polar surface area (TPSA) is 53.1 Å². The quantitative estimate of drug-likeness (QED) is 0.716. The number of fused-ring (bicyclic) bond motifs is 1. The first-order valence-electron chi connectivity index (χ1n) is 6.73. The minimum atomic E-state index is 0.564. The molecule has 0 amide bonds. The molecular formula is C15H17N3O2. The van der Waals surface area contributed by atoms with Crippen molar-refractivity contribution in [2.24, 2.45) is 0 Å². The van der Waals surface area contributed by atoms with Gasteiger partial charge in [0.05, 0.1) is 6.61 Å². The molecule has 20 heavy (non-hydrogen) atoms. The van der Waals surface area contributed by atoms with Crippen LogP contribution in [0.15, 0.2) is 34.7 Å². The second-order valence-electron chi connectivity index (χ2n) is 4.59. The van der Waals surface area contributed by atoms with Crippen LogP contribution in [0.5, 0.6) is 0 Å². The summed E-state index contributed by atoms with van der Waals surface area (Å²) in [6.07, 6.45) is 0.741. The zero-order chi connectivity index (χ0) is 13.9. The lowest BCUT2D eigenvalue weighted by molar-refractivity contribution is 0.188. The smallest absolute Gasteiger partial charge is 0.264 e. The lowest BCUT2D eigenvalue weighted by Crippen LogP contribution is -2.05. The number of para-hydroxylation sites is 1. The maximum atomic E-state index is 5.69. The van der Waals surface area contributed by atoms with Gasteiger partial charge in [-0.15, -0.1) is 10.2 Å². The molecule has 3 aromatic rings. The zero-order valence-electron chi connectivity index (χ0n) is 11.7. The van der Waals surface area contributed by atoms with Crippen LogP contribution in [-0.2, 0) is 17.7 Å². The standard InChI is InChI=1S/C15H17N3O2/c1-3-14-16-17-15(20-14)13-10-11-6-4-5-7-12(11)18(13)8-9-19-2/h4-7,10H,3,8-9H2,1-2H3. The largest absolute Gasteiger partial charge is 0.419 e. The highest BCUT2D eigenvalue weighted by Gasteiger charge is 2.15. The number of benzene rings is 1. The predicted molar refractivity (Wildman–Crippen MR) is 76.5 cm³/mol. The number of hydrogen-bond acceptors (Lipinski definition) is 4. The number of methoxy groups -OCH3 is 1. The molecule has 0 aliphatic carbocycles. The highest BCUT2D eigenvalue weighted by molar-refractivity contribution is 5.85. The van der Waals surface area contributed by atoms with Gasteiger partial charge in [-0.05, 0) is 12.1 Å². The Morgan fingerprint density at radius 3 is 2.85 bits per heavy atom. The van der Waals surface area contributed by atoms with Crippen LogP contribution in [0.1, 0.15) is 12.8 Å². The first-order chi connectivity index (χ1) is 9.83. The van der Waals surface area contributed by atoms with Crippen molar-refractivity contribution < 1.29 is 9.15 Å². The Morgan fingerprint density at radius 2 is 2.10 bits per heavy atom. The van der Waals surface area contributed by atoms with Crippen molar-refractivity contribution in [3.63, 3.8) is 0 Å². The molecule has 0 spiro atoms. The van der Waals surface area contributed by atoms with Crippen LogP contribution in [-0.4, -0.2) is 28.5 Å². The zero-order valence-corrected chi connectivity index (χ0v) is 11.7. The number of aromatic nitrogens is 3. The monoisotopic (exact) mass is 271 g/mol. The molecule has 0 unspecified atom stereocenters. The molecule has 0 saturated carbocycles. The van der Waals surface area contributed by atoms with Crippen LogP contribution >= 0.6 is 0 Å². The fraction of sp³-hybridized carbons (Fsp3) is 0.333. The average Bonchev–Trinajstić information content (AvgIpc) is 3.09. The summed E-state index contributed by atoms with van der Waals surface area (Å²) in [5.41, 5.74) is 2.09. The van der Waals surface area contributed by atoms with Gasteiger partial charge in [-0.3, -0.25) is 0 Å². The average molecular weight is 271 g/mol. The lowest BCUT2D eigenvalue weighted by atomic mass is 10.2. The molecule has 104 valence electrons. The van der Waals surface area contributed by atoms with Gasteiger partial charge in [-0.25, -0.2) is 0 Å². The molecule has 2 aromatic heterocycles. The first kappa shape index (κ1) is 12.9. The van der Waals surface area contributed by atoms with E-state index in [0.29, 0.717) is 18.4 Å². The first-order valence-corrected chi connectivity index (χ1v) is 6.73. The van der Waals surface area contributed by atoms with Crippen molar-refractivity contribution in [2.75, 3.05) is 13.7 Å². The van der Waals surface area contributed by atoms with E-state index in [4.69, 9.17) is 9.15 Å². The third-order valence-electron chi connectivity index (χ3n) is 3.32. The maximum absolute atomic E-state index is 5.69. The van der Waals surface area contributed by atoms with Gasteiger partial charge in [-0.1, -0.05) is 25.1 Å². The van der Waals surface area contributed by atoms with E-state index in [2.05, 4.69) is 33.0 Å². The minimum Gasteiger partial charge on any atom is -0.419 e. The summed E-state index contributed by atoms with van der Waals surface area (Å²) < 4.78 is 13.0. The van der Waals surface area contributed by atoms with E-state index in [1.807, 2.05) is 19.1 Å². The molecule has 0 N–H and O–H groups in total. The SMILES string of the molecule is CCc1nnc(-c2cc3ccccc3n2CCOC)o1. The van der Waals surface area contributed by atoms with Crippen molar-refractivity contribution in [2.45, 2.75) is 19.9 Å². The Balaban J connectivity index is 2.12. The van der Waals surface area contributed by atoms with Crippen LogP contribution < -0.4 is 0 Å². The Labute approximate surface area is 117 Å². The molecule has 5 nitrogen and oxygen atoms in total. The molecule has 0 bridgehead atoms. The highest BCUT2D eigenvalue weighted by Crippen LogP contribution is 2.27. The van der Waals surface area contributed by atoms with Crippen molar-refractivity contribution in [3.8, 4) is 11.6 Å². The van der Waals surface area contributed by atoms with Crippen molar-refractivity contribution in [1.82, 2.24) is 14.8 Å². The van der Waals surface area contributed by atoms with Crippen LogP contribution in [0.25, 0.3) is 22.5 Å². The van der Waals surface area contributed by atoms with Crippen LogP contribution in [0.2, 0.25) is 0 Å². The Kier molecular flexibility index (Phi) is 3.52. The predicted octanol–water partition coefficient (Wildman–Crippen LogP) is 2.90. The van der Waals surface area contributed by atoms with E-state index < -0.39 is 0 Å². The van der Waals surface area contributed by atoms with Gasteiger partial charge < -0.3 is 13.7 Å². The molecule has 0 fully saturated rings. The molecular weight excluding hydrogens is 254 g/mol. The van der Waals surface area contributed by atoms with Gasteiger partial charge >= 0.3 is 0 Å². The van der Waals surface area contributed by atoms with Gasteiger partial charge in [0.25, 0.3) is 5.89 Å². The van der Waals surface area contributed by atoms with Crippen molar-refractivity contribution in [3.05, 3.63) is 36.2 Å². The fourth-order valence-corrected chi connectivity index (χ4v) is 2.31. The second-order valence-corrected chi connectivity index (χ2v) is 4.59. The highest BCUT2D eigenvalue weighted by atomic mass is 16.5. The van der Waals surface area contributed by atoms with Crippen molar-refractivity contribution in [1.29, 1.82) is 0 Å². The molecule has 0 radical (unpaired) electrons. The Morgan fingerprint density at radius 1 is 1.25 bits per heavy atom. The molecule has 0 atom stereocenters. The number of hydrogen-bond donors (Lipinski definition) is 0. The summed E-state index contributed by atoms with van der Waals surface area (Å²) in [5, 5.41) is 9.35. The van der Waals surface area contributed by atoms with Gasteiger partial charge in [0.15, 0.2) is 0 Å². The van der Waals surface area contributed by atoms with Crippen LogP contribution in [0, 0.1) is 0 Å². The van der Waals surface area contributed by atoms with Crippen molar-refractivity contribution >= 4 is 10.9 Å². The molecule has 1 aromatic carbocycles. The normalized spacial score (nSPS) is 11.3. The van der Waals surface area contributed by atoms with E-state index >= 15 is 0 Å². The maximum Gasteiger partial charge on any atom is 0.264 e. The van der Waals surface area contributed by atoms with Gasteiger partial charge in [0.2, 0.25) is 5.89 Å². The third-order valence-corrected chi connectivity index (χ3v) is 3.32. The number of rotatable bonds is 5. The summed E-state index contributed by atoms with van der Waals surface area (Å²) in [6, 6.07) is 10.3. The van der Waals surface area contributed by atoms with Crippen LogP contribution in [0.3, 0.4) is 0 Å². The Bertz CT molecular complexity index is 715. The van der Waals surface area contributed by atoms with E-state index in [9.17, 15) is 0 Å². The van der Waals surface area contributed by atoms with E-state index in [1.54, 1.807) is 7.11 Å². The van der Waals surface area contributed by atoms with Gasteiger partial charge in [0.1, 0.15) is 5.69 Å². The number of aryl methyl sites for hydroxylation is 1. The molecule has 0 aliphatic rings.